The average molecular weight is 208 g/mol. The Morgan fingerprint density at radius 3 is 2.20 bits per heavy atom. The van der Waals surface area contributed by atoms with Crippen molar-refractivity contribution >= 4 is 11.9 Å². The van der Waals surface area contributed by atoms with Crippen LogP contribution in [0.1, 0.15) is 27.2 Å². The molecule has 0 N–H and O–H groups in total. The molecule has 0 aliphatic carbocycles. The highest BCUT2D eigenvalue weighted by Gasteiger charge is 2.12. The number of ether oxygens (including phenoxy) is 1. The van der Waals surface area contributed by atoms with Crippen LogP contribution < -0.4 is 0 Å². The van der Waals surface area contributed by atoms with Gasteiger partial charge in [-0.05, 0) is 27.2 Å². The van der Waals surface area contributed by atoms with Crippen molar-refractivity contribution in [2.75, 3.05) is 0 Å². The average Bonchev–Trinajstić information content (AvgIpc) is 2.24. The summed E-state index contributed by atoms with van der Waals surface area (Å²) in [4.78, 5) is 22.5. The summed E-state index contributed by atoms with van der Waals surface area (Å²) in [5.41, 5.74) is 0.826. The Labute approximate surface area is 90.1 Å². The highest BCUT2D eigenvalue weighted by molar-refractivity contribution is 6.01. The molecule has 0 aromatic rings. The second-order valence-electron chi connectivity index (χ2n) is 3.06. The Morgan fingerprint density at radius 1 is 1.20 bits per heavy atom. The van der Waals surface area contributed by atoms with Gasteiger partial charge in [-0.1, -0.05) is 18.2 Å². The molecule has 0 aliphatic rings. The molecular formula is C12H16O3. The summed E-state index contributed by atoms with van der Waals surface area (Å²) in [7, 11) is 0. The van der Waals surface area contributed by atoms with Crippen LogP contribution >= 0.6 is 0 Å². The first-order valence-electron chi connectivity index (χ1n) is 4.70. The van der Waals surface area contributed by atoms with E-state index in [1.165, 1.54) is 0 Å². The highest BCUT2D eigenvalue weighted by Crippen LogP contribution is 2.03. The minimum atomic E-state index is -0.608. The number of rotatable bonds is 4. The van der Waals surface area contributed by atoms with Crippen LogP contribution in [0.4, 0.5) is 0 Å². The van der Waals surface area contributed by atoms with Crippen LogP contribution in [0.15, 0.2) is 36.0 Å². The number of esters is 2. The van der Waals surface area contributed by atoms with Crippen molar-refractivity contribution in [2.24, 2.45) is 0 Å². The molecule has 3 heteroatoms. The topological polar surface area (TPSA) is 43.4 Å². The molecule has 15 heavy (non-hydrogen) atoms. The maximum absolute atomic E-state index is 11.3. The molecule has 0 atom stereocenters. The smallest absolute Gasteiger partial charge is 0.341 e. The number of carbonyl (C=O) groups is 2. The summed E-state index contributed by atoms with van der Waals surface area (Å²) in [6.07, 6.45) is 5.50. The number of allylic oxidation sites excluding steroid dienone is 3. The fraction of sp³-hybridized carbons (Fsp3) is 0.333. The molecular weight excluding hydrogens is 192 g/mol. The van der Waals surface area contributed by atoms with Gasteiger partial charge < -0.3 is 4.74 Å². The SMILES string of the molecule is C=CCC=C(C)C(=O)OC(=O)C(C)=CC. The summed E-state index contributed by atoms with van der Waals surface area (Å²) in [6, 6.07) is 0. The molecule has 0 spiro atoms. The summed E-state index contributed by atoms with van der Waals surface area (Å²) in [5, 5.41) is 0. The predicted molar refractivity (Wildman–Crippen MR) is 59.1 cm³/mol. The van der Waals surface area contributed by atoms with Crippen molar-refractivity contribution in [3.05, 3.63) is 36.0 Å². The van der Waals surface area contributed by atoms with Crippen LogP contribution in [-0.2, 0) is 14.3 Å². The van der Waals surface area contributed by atoms with Crippen molar-refractivity contribution in [3.63, 3.8) is 0 Å². The molecule has 0 radical (unpaired) electrons. The molecule has 3 nitrogen and oxygen atoms in total. The van der Waals surface area contributed by atoms with Crippen molar-refractivity contribution in [2.45, 2.75) is 27.2 Å². The van der Waals surface area contributed by atoms with E-state index in [1.807, 2.05) is 0 Å². The largest absolute Gasteiger partial charge is 0.386 e. The van der Waals surface area contributed by atoms with Crippen molar-refractivity contribution < 1.29 is 14.3 Å². The molecule has 0 heterocycles. The van der Waals surface area contributed by atoms with Gasteiger partial charge in [0.05, 0.1) is 0 Å². The van der Waals surface area contributed by atoms with Gasteiger partial charge in [-0.25, -0.2) is 9.59 Å². The fourth-order valence-corrected chi connectivity index (χ4v) is 0.706. The molecule has 82 valence electrons. The zero-order chi connectivity index (χ0) is 11.8. The second kappa shape index (κ2) is 6.76. The first kappa shape index (κ1) is 13.4. The van der Waals surface area contributed by atoms with Gasteiger partial charge in [0, 0.05) is 11.1 Å². The molecule has 0 aromatic heterocycles. The number of carbonyl (C=O) groups excluding carboxylic acids is 2. The van der Waals surface area contributed by atoms with E-state index in [0.717, 1.165) is 0 Å². The summed E-state index contributed by atoms with van der Waals surface area (Å²) in [6.45, 7) is 8.43. The van der Waals surface area contributed by atoms with Crippen molar-refractivity contribution in [1.29, 1.82) is 0 Å². The van der Waals surface area contributed by atoms with E-state index in [0.29, 0.717) is 17.6 Å². The summed E-state index contributed by atoms with van der Waals surface area (Å²) < 4.78 is 4.61. The maximum atomic E-state index is 11.3. The molecule has 0 bridgehead atoms. The lowest BCUT2D eigenvalue weighted by atomic mass is 10.2. The zero-order valence-electron chi connectivity index (χ0n) is 9.37. The van der Waals surface area contributed by atoms with E-state index in [2.05, 4.69) is 11.3 Å². The Kier molecular flexibility index (Phi) is 6.02. The lowest BCUT2D eigenvalue weighted by Gasteiger charge is -2.02. The zero-order valence-corrected chi connectivity index (χ0v) is 9.37. The predicted octanol–water partition coefficient (Wildman–Crippen LogP) is 2.54. The molecule has 0 saturated heterocycles. The molecule has 0 rings (SSSR count). The standard InChI is InChI=1S/C12H16O3/c1-5-7-8-10(4)12(14)15-11(13)9(3)6-2/h5-6,8H,1,7H2,2-4H3. The molecule has 0 unspecified atom stereocenters. The van der Waals surface area contributed by atoms with Gasteiger partial charge in [0.25, 0.3) is 0 Å². The molecule has 0 aliphatic heterocycles. The Morgan fingerprint density at radius 2 is 1.73 bits per heavy atom. The lowest BCUT2D eigenvalue weighted by molar-refractivity contribution is -0.153. The molecule has 0 saturated carbocycles. The van der Waals surface area contributed by atoms with Gasteiger partial charge in [0.15, 0.2) is 0 Å². The third kappa shape index (κ3) is 4.96. The van der Waals surface area contributed by atoms with E-state index in [1.54, 1.807) is 39.0 Å². The highest BCUT2D eigenvalue weighted by atomic mass is 16.6. The van der Waals surface area contributed by atoms with E-state index in [4.69, 9.17) is 0 Å². The van der Waals surface area contributed by atoms with Crippen molar-refractivity contribution in [3.8, 4) is 0 Å². The fourth-order valence-electron chi connectivity index (χ4n) is 0.706. The number of hydrogen-bond donors (Lipinski definition) is 0. The quantitative estimate of drug-likeness (QED) is 0.308. The van der Waals surface area contributed by atoms with Crippen LogP contribution in [0.3, 0.4) is 0 Å². The van der Waals surface area contributed by atoms with Gasteiger partial charge in [-0.15, -0.1) is 6.58 Å². The first-order valence-corrected chi connectivity index (χ1v) is 4.70. The van der Waals surface area contributed by atoms with Crippen LogP contribution in [0, 0.1) is 0 Å². The first-order chi connectivity index (χ1) is 7.02. The molecule has 0 fully saturated rings. The van der Waals surface area contributed by atoms with Crippen LogP contribution in [-0.4, -0.2) is 11.9 Å². The Balaban J connectivity index is 4.37. The van der Waals surface area contributed by atoms with Crippen LogP contribution in [0.25, 0.3) is 0 Å². The van der Waals surface area contributed by atoms with Gasteiger partial charge in [-0.3, -0.25) is 0 Å². The van der Waals surface area contributed by atoms with Gasteiger partial charge in [-0.2, -0.15) is 0 Å². The minimum absolute atomic E-state index is 0.409. The third-order valence-electron chi connectivity index (χ3n) is 1.85. The number of hydrogen-bond acceptors (Lipinski definition) is 3. The summed E-state index contributed by atoms with van der Waals surface area (Å²) in [5.74, 6) is -1.21. The van der Waals surface area contributed by atoms with Crippen molar-refractivity contribution in [1.82, 2.24) is 0 Å². The Hall–Kier alpha value is -1.64. The third-order valence-corrected chi connectivity index (χ3v) is 1.85. The van der Waals surface area contributed by atoms with E-state index in [9.17, 15) is 9.59 Å². The van der Waals surface area contributed by atoms with Crippen LogP contribution in [0.2, 0.25) is 0 Å². The molecule has 0 amide bonds. The van der Waals surface area contributed by atoms with Gasteiger partial charge in [0.1, 0.15) is 0 Å². The van der Waals surface area contributed by atoms with Gasteiger partial charge >= 0.3 is 11.9 Å². The van der Waals surface area contributed by atoms with E-state index in [-0.39, 0.29) is 0 Å². The lowest BCUT2D eigenvalue weighted by Crippen LogP contribution is -2.13. The second-order valence-corrected chi connectivity index (χ2v) is 3.06. The Bertz CT molecular complexity index is 322. The van der Waals surface area contributed by atoms with E-state index < -0.39 is 11.9 Å². The minimum Gasteiger partial charge on any atom is -0.386 e. The molecule has 0 aromatic carbocycles. The maximum Gasteiger partial charge on any atom is 0.341 e. The van der Waals surface area contributed by atoms with E-state index >= 15 is 0 Å². The monoisotopic (exact) mass is 208 g/mol. The van der Waals surface area contributed by atoms with Gasteiger partial charge in [0.2, 0.25) is 0 Å². The normalized spacial score (nSPS) is 12.2. The summed E-state index contributed by atoms with van der Waals surface area (Å²) >= 11 is 0. The van der Waals surface area contributed by atoms with Crippen LogP contribution in [0.5, 0.6) is 0 Å².